The molecule has 0 saturated heterocycles. The van der Waals surface area contributed by atoms with E-state index in [9.17, 15) is 8.78 Å². The fraction of sp³-hybridized carbons (Fsp3) is 0.0800. The summed E-state index contributed by atoms with van der Waals surface area (Å²) in [7, 11) is 1.98. The smallest absolute Gasteiger partial charge is 0.216 e. The Morgan fingerprint density at radius 3 is 2.41 bits per heavy atom. The lowest BCUT2D eigenvalue weighted by atomic mass is 9.99. The predicted octanol–water partition coefficient (Wildman–Crippen LogP) is 6.33. The molecule has 2 nitrogen and oxygen atoms in total. The number of pyridine rings is 1. The maximum Gasteiger partial charge on any atom is 0.216 e. The highest BCUT2D eigenvalue weighted by Crippen LogP contribution is 2.38. The van der Waals surface area contributed by atoms with Crippen LogP contribution in [-0.2, 0) is 7.05 Å². The van der Waals surface area contributed by atoms with Gasteiger partial charge in [0.25, 0.3) is 0 Å². The molecule has 0 aliphatic heterocycles. The van der Waals surface area contributed by atoms with E-state index in [0.29, 0.717) is 16.4 Å². The minimum absolute atomic E-state index is 0.216. The summed E-state index contributed by atoms with van der Waals surface area (Å²) in [6.45, 7) is 1.99. The Morgan fingerprint density at radius 2 is 1.66 bits per heavy atom. The summed E-state index contributed by atoms with van der Waals surface area (Å²) in [5, 5.41) is 0.955. The first-order valence-corrected chi connectivity index (χ1v) is 9.39. The summed E-state index contributed by atoms with van der Waals surface area (Å²) in [5.41, 5.74) is 5.82. The second-order valence-electron chi connectivity index (χ2n) is 7.28. The molecule has 29 heavy (non-hydrogen) atoms. The van der Waals surface area contributed by atoms with Crippen molar-refractivity contribution in [1.82, 2.24) is 0 Å². The second kappa shape index (κ2) is 6.52. The van der Waals surface area contributed by atoms with Gasteiger partial charge in [-0.1, -0.05) is 42.5 Å². The zero-order valence-electron chi connectivity index (χ0n) is 16.0. The van der Waals surface area contributed by atoms with E-state index in [-0.39, 0.29) is 5.58 Å². The molecule has 4 heteroatoms. The number of hydrogen-bond acceptors (Lipinski definition) is 1. The van der Waals surface area contributed by atoms with Gasteiger partial charge >= 0.3 is 0 Å². The SMILES string of the molecule is Cc1ccc2c(oc3cc(F)cc(F)c32)c1-c1ccc(-c2ccccc2)c[n+]1C. The highest BCUT2D eigenvalue weighted by atomic mass is 19.1. The third-order valence-corrected chi connectivity index (χ3v) is 5.36. The highest BCUT2D eigenvalue weighted by molar-refractivity contribution is 6.10. The Morgan fingerprint density at radius 1 is 0.862 bits per heavy atom. The van der Waals surface area contributed by atoms with Crippen molar-refractivity contribution in [1.29, 1.82) is 0 Å². The molecule has 0 bridgehead atoms. The maximum absolute atomic E-state index is 14.5. The lowest BCUT2D eigenvalue weighted by Crippen LogP contribution is -2.30. The molecular formula is C25H18F2NO+. The van der Waals surface area contributed by atoms with Crippen LogP contribution in [0.4, 0.5) is 8.78 Å². The van der Waals surface area contributed by atoms with Crippen molar-refractivity contribution in [3.8, 4) is 22.4 Å². The van der Waals surface area contributed by atoms with Crippen LogP contribution in [0.1, 0.15) is 5.56 Å². The fourth-order valence-electron chi connectivity index (χ4n) is 3.97. The van der Waals surface area contributed by atoms with Crippen molar-refractivity contribution < 1.29 is 17.8 Å². The summed E-state index contributed by atoms with van der Waals surface area (Å²) in [5.74, 6) is -1.26. The number of fused-ring (bicyclic) bond motifs is 3. The number of rotatable bonds is 2. The van der Waals surface area contributed by atoms with E-state index in [1.165, 1.54) is 6.07 Å². The summed E-state index contributed by atoms with van der Waals surface area (Å²) >= 11 is 0. The van der Waals surface area contributed by atoms with Crippen LogP contribution in [0.25, 0.3) is 44.3 Å². The van der Waals surface area contributed by atoms with Crippen molar-refractivity contribution in [3.05, 3.63) is 90.1 Å². The van der Waals surface area contributed by atoms with Gasteiger partial charge in [-0.05, 0) is 24.1 Å². The standard InChI is InChI=1S/C25H18F2NO/c1-15-8-10-19-24-20(27)12-18(26)13-22(24)29-25(19)23(15)21-11-9-17(14-28(21)2)16-6-4-3-5-7-16/h3-14H,1-2H3/q+1. The van der Waals surface area contributed by atoms with Crippen LogP contribution in [0, 0.1) is 18.6 Å². The van der Waals surface area contributed by atoms with Gasteiger partial charge in [0.05, 0.1) is 10.9 Å². The lowest BCUT2D eigenvalue weighted by molar-refractivity contribution is -0.659. The van der Waals surface area contributed by atoms with Crippen LogP contribution < -0.4 is 4.57 Å². The van der Waals surface area contributed by atoms with E-state index in [1.807, 2.05) is 54.9 Å². The zero-order valence-corrected chi connectivity index (χ0v) is 16.0. The first-order chi connectivity index (χ1) is 14.0. The van der Waals surface area contributed by atoms with Gasteiger partial charge in [-0.25, -0.2) is 13.3 Å². The average Bonchev–Trinajstić information content (AvgIpc) is 3.07. The molecule has 0 aliphatic rings. The molecule has 0 saturated carbocycles. The van der Waals surface area contributed by atoms with Gasteiger partial charge in [0.15, 0.2) is 6.20 Å². The van der Waals surface area contributed by atoms with Gasteiger partial charge in [-0.15, -0.1) is 0 Å². The van der Waals surface area contributed by atoms with Crippen molar-refractivity contribution in [2.45, 2.75) is 6.92 Å². The Hall–Kier alpha value is -3.53. The first kappa shape index (κ1) is 17.6. The molecule has 0 amide bonds. The molecule has 0 N–H and O–H groups in total. The largest absolute Gasteiger partial charge is 0.455 e. The number of aromatic nitrogens is 1. The fourth-order valence-corrected chi connectivity index (χ4v) is 3.97. The van der Waals surface area contributed by atoms with E-state index in [4.69, 9.17) is 4.42 Å². The molecule has 142 valence electrons. The third-order valence-electron chi connectivity index (χ3n) is 5.36. The molecule has 5 rings (SSSR count). The molecule has 2 heterocycles. The van der Waals surface area contributed by atoms with Crippen LogP contribution in [-0.4, -0.2) is 0 Å². The third kappa shape index (κ3) is 2.80. The van der Waals surface area contributed by atoms with Gasteiger partial charge in [-0.2, -0.15) is 0 Å². The first-order valence-electron chi connectivity index (χ1n) is 9.39. The van der Waals surface area contributed by atoms with E-state index in [0.717, 1.165) is 34.0 Å². The minimum atomic E-state index is -0.648. The van der Waals surface area contributed by atoms with E-state index >= 15 is 0 Å². The molecular weight excluding hydrogens is 368 g/mol. The van der Waals surface area contributed by atoms with Crippen LogP contribution in [0.5, 0.6) is 0 Å². The molecule has 0 fully saturated rings. The summed E-state index contributed by atoms with van der Waals surface area (Å²) in [4.78, 5) is 0. The van der Waals surface area contributed by atoms with Gasteiger partial charge in [-0.3, -0.25) is 0 Å². The molecule has 0 spiro atoms. The van der Waals surface area contributed by atoms with Crippen molar-refractivity contribution in [3.63, 3.8) is 0 Å². The molecule has 5 aromatic rings. The quantitative estimate of drug-likeness (QED) is 0.324. The van der Waals surface area contributed by atoms with Gasteiger partial charge in [0, 0.05) is 29.1 Å². The van der Waals surface area contributed by atoms with Gasteiger partial charge < -0.3 is 4.42 Å². The number of furan rings is 1. The van der Waals surface area contributed by atoms with E-state index in [1.54, 1.807) is 0 Å². The number of aryl methyl sites for hydroxylation is 2. The zero-order chi connectivity index (χ0) is 20.1. The van der Waals surface area contributed by atoms with Crippen molar-refractivity contribution in [2.75, 3.05) is 0 Å². The molecule has 0 atom stereocenters. The van der Waals surface area contributed by atoms with Gasteiger partial charge in [0.2, 0.25) is 5.69 Å². The number of hydrogen-bond donors (Lipinski definition) is 0. The highest BCUT2D eigenvalue weighted by Gasteiger charge is 2.22. The van der Waals surface area contributed by atoms with E-state index < -0.39 is 11.6 Å². The van der Waals surface area contributed by atoms with Crippen LogP contribution in [0.3, 0.4) is 0 Å². The Bertz CT molecular complexity index is 1390. The molecule has 3 aromatic carbocycles. The van der Waals surface area contributed by atoms with Crippen LogP contribution in [0.2, 0.25) is 0 Å². The topological polar surface area (TPSA) is 17.0 Å². The molecule has 0 unspecified atom stereocenters. The number of nitrogens with zero attached hydrogens (tertiary/aromatic N) is 1. The predicted molar refractivity (Wildman–Crippen MR) is 110 cm³/mol. The molecule has 0 aliphatic carbocycles. The summed E-state index contributed by atoms with van der Waals surface area (Å²) < 4.78 is 36.1. The van der Waals surface area contributed by atoms with Crippen LogP contribution >= 0.6 is 0 Å². The molecule has 0 radical (unpaired) electrons. The minimum Gasteiger partial charge on any atom is -0.455 e. The molecule has 2 aromatic heterocycles. The van der Waals surface area contributed by atoms with Gasteiger partial charge in [0.1, 0.15) is 29.8 Å². The Kier molecular flexibility index (Phi) is 3.95. The average molecular weight is 386 g/mol. The normalized spacial score (nSPS) is 11.4. The maximum atomic E-state index is 14.5. The second-order valence-corrected chi connectivity index (χ2v) is 7.28. The lowest BCUT2D eigenvalue weighted by Gasteiger charge is -2.07. The van der Waals surface area contributed by atoms with Crippen LogP contribution in [0.15, 0.2) is 77.3 Å². The summed E-state index contributed by atoms with van der Waals surface area (Å²) in [6.07, 6.45) is 2.06. The number of benzene rings is 3. The van der Waals surface area contributed by atoms with Crippen molar-refractivity contribution >= 4 is 21.9 Å². The summed E-state index contributed by atoms with van der Waals surface area (Å²) in [6, 6.07) is 20.1. The Balaban J connectivity index is 1.77. The van der Waals surface area contributed by atoms with E-state index in [2.05, 4.69) is 24.4 Å². The van der Waals surface area contributed by atoms with Crippen molar-refractivity contribution in [2.24, 2.45) is 7.05 Å². The Labute approximate surface area is 166 Å². The monoisotopic (exact) mass is 386 g/mol. The number of halogens is 2.